The summed E-state index contributed by atoms with van der Waals surface area (Å²) in [5.74, 6) is -1.90. The average molecular weight is 169 g/mol. The van der Waals surface area contributed by atoms with Crippen molar-refractivity contribution in [1.82, 2.24) is 5.32 Å². The molecule has 0 radical (unpaired) electrons. The van der Waals surface area contributed by atoms with Crippen LogP contribution in [0.2, 0.25) is 0 Å². The summed E-state index contributed by atoms with van der Waals surface area (Å²) in [7, 11) is 0. The summed E-state index contributed by atoms with van der Waals surface area (Å²) >= 11 is 0. The normalized spacial score (nSPS) is 12.9. The zero-order valence-corrected chi connectivity index (χ0v) is 6.54. The Kier molecular flexibility index (Phi) is 2.53. The third kappa shape index (κ3) is 4.64. The molecule has 0 aliphatic rings. The maximum absolute atomic E-state index is 11.6. The fraction of sp³-hybridized carbons (Fsp3) is 0.833. The molecule has 0 spiro atoms. The molecule has 11 heavy (non-hydrogen) atoms. The standard InChI is InChI=1S/C6H10F3NO/c1-5(2,3)10-4(11)6(7,8)9/h1-3H3,(H,10,11). The molecule has 0 bridgehead atoms. The Balaban J connectivity index is 4.11. The van der Waals surface area contributed by atoms with Crippen LogP contribution >= 0.6 is 0 Å². The number of halogens is 3. The van der Waals surface area contributed by atoms with E-state index in [9.17, 15) is 18.0 Å². The summed E-state index contributed by atoms with van der Waals surface area (Å²) in [6, 6.07) is 0. The van der Waals surface area contributed by atoms with Crippen molar-refractivity contribution in [2.45, 2.75) is 32.5 Å². The van der Waals surface area contributed by atoms with Gasteiger partial charge in [0, 0.05) is 5.54 Å². The van der Waals surface area contributed by atoms with Crippen molar-refractivity contribution in [3.05, 3.63) is 0 Å². The predicted octanol–water partition coefficient (Wildman–Crippen LogP) is 1.46. The van der Waals surface area contributed by atoms with Crippen LogP contribution in [0.4, 0.5) is 13.2 Å². The minimum Gasteiger partial charge on any atom is -0.344 e. The van der Waals surface area contributed by atoms with E-state index in [2.05, 4.69) is 0 Å². The molecule has 0 rings (SSSR count). The van der Waals surface area contributed by atoms with E-state index in [4.69, 9.17) is 0 Å². The predicted molar refractivity (Wildman–Crippen MR) is 34.0 cm³/mol. The first-order valence-corrected chi connectivity index (χ1v) is 3.02. The summed E-state index contributed by atoms with van der Waals surface area (Å²) in [6.07, 6.45) is -4.78. The molecule has 0 aromatic heterocycles. The van der Waals surface area contributed by atoms with Crippen molar-refractivity contribution in [1.29, 1.82) is 0 Å². The van der Waals surface area contributed by atoms with Crippen LogP contribution in [-0.2, 0) is 4.79 Å². The number of hydrogen-bond acceptors (Lipinski definition) is 1. The van der Waals surface area contributed by atoms with E-state index in [0.29, 0.717) is 0 Å². The largest absolute Gasteiger partial charge is 0.471 e. The molecule has 0 aliphatic carbocycles. The summed E-state index contributed by atoms with van der Waals surface area (Å²) in [5.41, 5.74) is -0.841. The third-order valence-electron chi connectivity index (χ3n) is 0.746. The first-order chi connectivity index (χ1) is 4.63. The monoisotopic (exact) mass is 169 g/mol. The lowest BCUT2D eigenvalue weighted by molar-refractivity contribution is -0.175. The van der Waals surface area contributed by atoms with Gasteiger partial charge in [-0.3, -0.25) is 4.79 Å². The van der Waals surface area contributed by atoms with Crippen LogP contribution in [0.1, 0.15) is 20.8 Å². The van der Waals surface area contributed by atoms with Crippen LogP contribution in [0.15, 0.2) is 0 Å². The molecule has 0 aliphatic heterocycles. The molecule has 0 heterocycles. The van der Waals surface area contributed by atoms with Crippen LogP contribution < -0.4 is 5.32 Å². The molecule has 5 heteroatoms. The first-order valence-electron chi connectivity index (χ1n) is 3.02. The lowest BCUT2D eigenvalue weighted by Gasteiger charge is -2.21. The number of carbonyl (C=O) groups excluding carboxylic acids is 1. The third-order valence-corrected chi connectivity index (χ3v) is 0.746. The van der Waals surface area contributed by atoms with Crippen LogP contribution in [-0.4, -0.2) is 17.6 Å². The molecule has 0 fully saturated rings. The van der Waals surface area contributed by atoms with Gasteiger partial charge in [0.25, 0.3) is 0 Å². The van der Waals surface area contributed by atoms with Crippen molar-refractivity contribution in [3.63, 3.8) is 0 Å². The smallest absolute Gasteiger partial charge is 0.344 e. The van der Waals surface area contributed by atoms with Gasteiger partial charge in [0.05, 0.1) is 0 Å². The molecule has 0 saturated heterocycles. The van der Waals surface area contributed by atoms with E-state index in [-0.39, 0.29) is 0 Å². The highest BCUT2D eigenvalue weighted by Gasteiger charge is 2.40. The summed E-state index contributed by atoms with van der Waals surface area (Å²) < 4.78 is 34.7. The van der Waals surface area contributed by atoms with Crippen LogP contribution in [0.25, 0.3) is 0 Å². The molecule has 1 amide bonds. The number of amides is 1. The SMILES string of the molecule is CC(C)(C)NC(=O)C(F)(F)F. The highest BCUT2D eigenvalue weighted by molar-refractivity contribution is 5.82. The highest BCUT2D eigenvalue weighted by Crippen LogP contribution is 2.15. The van der Waals surface area contributed by atoms with Crippen molar-refractivity contribution < 1.29 is 18.0 Å². The Bertz CT molecular complexity index is 156. The maximum atomic E-state index is 11.6. The molecule has 66 valence electrons. The average Bonchev–Trinajstić information content (AvgIpc) is 1.56. The topological polar surface area (TPSA) is 29.1 Å². The van der Waals surface area contributed by atoms with Crippen LogP contribution in [0.3, 0.4) is 0 Å². The summed E-state index contributed by atoms with van der Waals surface area (Å²) in [5, 5.41) is 1.80. The lowest BCUT2D eigenvalue weighted by Crippen LogP contribution is -2.47. The molecule has 0 saturated carbocycles. The number of alkyl halides is 3. The molecular formula is C6H10F3NO. The molecule has 0 atom stereocenters. The Hall–Kier alpha value is -0.740. The number of carbonyl (C=O) groups is 1. The van der Waals surface area contributed by atoms with Gasteiger partial charge in [-0.1, -0.05) is 0 Å². The second-order valence-corrected chi connectivity index (χ2v) is 3.20. The molecule has 1 N–H and O–H groups in total. The van der Waals surface area contributed by atoms with Gasteiger partial charge in [-0.2, -0.15) is 13.2 Å². The fourth-order valence-electron chi connectivity index (χ4n) is 0.411. The van der Waals surface area contributed by atoms with Crippen molar-refractivity contribution in [3.8, 4) is 0 Å². The van der Waals surface area contributed by atoms with Gasteiger partial charge < -0.3 is 5.32 Å². The van der Waals surface area contributed by atoms with Crippen molar-refractivity contribution in [2.75, 3.05) is 0 Å². The van der Waals surface area contributed by atoms with E-state index < -0.39 is 17.6 Å². The minimum absolute atomic E-state index is 0.841. The van der Waals surface area contributed by atoms with Gasteiger partial charge in [0.2, 0.25) is 0 Å². The number of hydrogen-bond donors (Lipinski definition) is 1. The Labute approximate surface area is 62.8 Å². The second-order valence-electron chi connectivity index (χ2n) is 3.20. The summed E-state index contributed by atoms with van der Waals surface area (Å²) in [4.78, 5) is 10.2. The molecule has 0 aromatic rings. The quantitative estimate of drug-likeness (QED) is 0.584. The fourth-order valence-corrected chi connectivity index (χ4v) is 0.411. The Morgan fingerprint density at radius 1 is 1.18 bits per heavy atom. The second kappa shape index (κ2) is 2.71. The first kappa shape index (κ1) is 10.3. The van der Waals surface area contributed by atoms with E-state index in [1.807, 2.05) is 0 Å². The van der Waals surface area contributed by atoms with Crippen molar-refractivity contribution in [2.24, 2.45) is 0 Å². The van der Waals surface area contributed by atoms with E-state index in [1.54, 1.807) is 5.32 Å². The molecule has 0 unspecified atom stereocenters. The van der Waals surface area contributed by atoms with Crippen LogP contribution in [0.5, 0.6) is 0 Å². The Morgan fingerprint density at radius 2 is 1.55 bits per heavy atom. The van der Waals surface area contributed by atoms with E-state index >= 15 is 0 Å². The van der Waals surface area contributed by atoms with Gasteiger partial charge in [0.1, 0.15) is 0 Å². The summed E-state index contributed by atoms with van der Waals surface area (Å²) in [6.45, 7) is 4.45. The zero-order chi connectivity index (χ0) is 9.28. The van der Waals surface area contributed by atoms with Gasteiger partial charge in [0.15, 0.2) is 0 Å². The number of rotatable bonds is 0. The van der Waals surface area contributed by atoms with Gasteiger partial charge >= 0.3 is 12.1 Å². The number of nitrogens with one attached hydrogen (secondary N) is 1. The van der Waals surface area contributed by atoms with E-state index in [0.717, 1.165) is 0 Å². The van der Waals surface area contributed by atoms with Gasteiger partial charge in [-0.05, 0) is 20.8 Å². The zero-order valence-electron chi connectivity index (χ0n) is 6.54. The molecular weight excluding hydrogens is 159 g/mol. The maximum Gasteiger partial charge on any atom is 0.471 e. The molecule has 0 aromatic carbocycles. The highest BCUT2D eigenvalue weighted by atomic mass is 19.4. The Morgan fingerprint density at radius 3 is 1.64 bits per heavy atom. The lowest BCUT2D eigenvalue weighted by atomic mass is 10.1. The van der Waals surface area contributed by atoms with Gasteiger partial charge in [-0.25, -0.2) is 0 Å². The van der Waals surface area contributed by atoms with Gasteiger partial charge in [-0.15, -0.1) is 0 Å². The molecule has 2 nitrogen and oxygen atoms in total. The minimum atomic E-state index is -4.78. The van der Waals surface area contributed by atoms with Crippen molar-refractivity contribution >= 4 is 5.91 Å². The van der Waals surface area contributed by atoms with E-state index in [1.165, 1.54) is 20.8 Å². The van der Waals surface area contributed by atoms with Crippen LogP contribution in [0, 0.1) is 0 Å².